The molecule has 0 unspecified atom stereocenters. The average molecular weight is 519 g/mol. The van der Waals surface area contributed by atoms with Gasteiger partial charge in [0.05, 0.1) is 34.1 Å². The van der Waals surface area contributed by atoms with Crippen molar-refractivity contribution in [1.82, 2.24) is 24.5 Å². The van der Waals surface area contributed by atoms with Gasteiger partial charge in [-0.1, -0.05) is 19.9 Å². The molecule has 4 aromatic heterocycles. The lowest BCUT2D eigenvalue weighted by Crippen LogP contribution is -2.33. The molecule has 37 heavy (non-hydrogen) atoms. The summed E-state index contributed by atoms with van der Waals surface area (Å²) in [6.45, 7) is 9.66. The van der Waals surface area contributed by atoms with Crippen molar-refractivity contribution in [3.05, 3.63) is 53.7 Å². The summed E-state index contributed by atoms with van der Waals surface area (Å²) in [4.78, 5) is 28.8. The smallest absolute Gasteiger partial charge is 0.165 e. The highest BCUT2D eigenvalue weighted by Crippen LogP contribution is 2.30. The van der Waals surface area contributed by atoms with Gasteiger partial charge in [0.25, 0.3) is 0 Å². The third-order valence-corrected chi connectivity index (χ3v) is 8.16. The lowest BCUT2D eigenvalue weighted by molar-refractivity contribution is 0.0964. The number of anilines is 1. The molecule has 0 radical (unpaired) electrons. The van der Waals surface area contributed by atoms with Crippen LogP contribution in [-0.2, 0) is 0 Å². The Bertz CT molecular complexity index is 1360. The maximum absolute atomic E-state index is 13.4. The molecular weight excluding hydrogens is 484 g/mol. The van der Waals surface area contributed by atoms with E-state index in [1.165, 1.54) is 0 Å². The Hall–Kier alpha value is -3.14. The number of hydrogen-bond acceptors (Lipinski definition) is 8. The summed E-state index contributed by atoms with van der Waals surface area (Å²) in [6.07, 6.45) is 5.26. The Balaban J connectivity index is 1.51. The van der Waals surface area contributed by atoms with Crippen LogP contribution in [-0.4, -0.2) is 73.7 Å². The van der Waals surface area contributed by atoms with Crippen molar-refractivity contribution < 1.29 is 9.90 Å². The van der Waals surface area contributed by atoms with Gasteiger partial charge in [-0.3, -0.25) is 4.79 Å². The summed E-state index contributed by atoms with van der Waals surface area (Å²) in [6, 6.07) is 10.1. The second-order valence-electron chi connectivity index (χ2n) is 9.64. The van der Waals surface area contributed by atoms with Gasteiger partial charge in [0.1, 0.15) is 5.82 Å². The van der Waals surface area contributed by atoms with Crippen LogP contribution in [0.5, 0.6) is 0 Å². The Morgan fingerprint density at radius 3 is 2.76 bits per heavy atom. The summed E-state index contributed by atoms with van der Waals surface area (Å²) < 4.78 is 1.74. The topological polar surface area (TPSA) is 86.9 Å². The van der Waals surface area contributed by atoms with Gasteiger partial charge in [-0.2, -0.15) is 5.10 Å². The number of ketones is 1. The zero-order valence-electron chi connectivity index (χ0n) is 21.7. The molecule has 0 amide bonds. The molecule has 0 saturated carbocycles. The molecule has 1 fully saturated rings. The first-order valence-electron chi connectivity index (χ1n) is 13.1. The maximum Gasteiger partial charge on any atom is 0.165 e. The lowest BCUT2D eigenvalue weighted by atomic mass is 10.0. The van der Waals surface area contributed by atoms with E-state index in [9.17, 15) is 9.90 Å². The maximum atomic E-state index is 13.4. The van der Waals surface area contributed by atoms with Crippen molar-refractivity contribution in [2.45, 2.75) is 52.2 Å². The van der Waals surface area contributed by atoms with Gasteiger partial charge in [-0.15, -0.1) is 11.3 Å². The summed E-state index contributed by atoms with van der Waals surface area (Å²) >= 11 is 1.64. The van der Waals surface area contributed by atoms with Gasteiger partial charge < -0.3 is 14.9 Å². The first-order chi connectivity index (χ1) is 18.0. The van der Waals surface area contributed by atoms with Crippen molar-refractivity contribution in [2.24, 2.45) is 0 Å². The minimum Gasteiger partial charge on any atom is -0.391 e. The van der Waals surface area contributed by atoms with Gasteiger partial charge >= 0.3 is 0 Å². The minimum atomic E-state index is -0.383. The van der Waals surface area contributed by atoms with E-state index in [4.69, 9.17) is 9.97 Å². The van der Waals surface area contributed by atoms with Crippen LogP contribution >= 0.6 is 11.3 Å². The number of nitrogens with zero attached hydrogens (tertiary/aromatic N) is 6. The summed E-state index contributed by atoms with van der Waals surface area (Å²) in [5, 5.41) is 16.7. The number of hydrogen-bond donors (Lipinski definition) is 1. The predicted octanol–water partition coefficient (Wildman–Crippen LogP) is 4.78. The quantitative estimate of drug-likeness (QED) is 0.302. The molecule has 9 heteroatoms. The highest BCUT2D eigenvalue weighted by molar-refractivity contribution is 7.13. The van der Waals surface area contributed by atoms with Crippen molar-refractivity contribution in [3.63, 3.8) is 0 Å². The van der Waals surface area contributed by atoms with Gasteiger partial charge in [0.15, 0.2) is 11.4 Å². The van der Waals surface area contributed by atoms with E-state index in [2.05, 4.69) is 35.7 Å². The summed E-state index contributed by atoms with van der Waals surface area (Å²) in [5.74, 6) is 0.815. The van der Waals surface area contributed by atoms with E-state index in [0.29, 0.717) is 54.7 Å². The molecule has 4 aromatic rings. The zero-order chi connectivity index (χ0) is 25.9. The van der Waals surface area contributed by atoms with Crippen LogP contribution < -0.4 is 4.90 Å². The molecule has 1 saturated heterocycles. The summed E-state index contributed by atoms with van der Waals surface area (Å²) in [5.41, 5.74) is 3.67. The molecule has 0 aliphatic carbocycles. The number of rotatable bonds is 10. The molecule has 0 spiro atoms. The number of thiophene rings is 1. The van der Waals surface area contributed by atoms with Crippen molar-refractivity contribution in [3.8, 4) is 21.8 Å². The van der Waals surface area contributed by atoms with Crippen molar-refractivity contribution in [1.29, 1.82) is 0 Å². The largest absolute Gasteiger partial charge is 0.391 e. The molecule has 2 atom stereocenters. The first kappa shape index (κ1) is 25.5. The molecule has 5 rings (SSSR count). The van der Waals surface area contributed by atoms with Crippen LogP contribution in [0.2, 0.25) is 0 Å². The van der Waals surface area contributed by atoms with E-state index in [-0.39, 0.29) is 11.9 Å². The normalized spacial score (nSPS) is 16.7. The zero-order valence-corrected chi connectivity index (χ0v) is 22.5. The predicted molar refractivity (Wildman–Crippen MR) is 148 cm³/mol. The van der Waals surface area contributed by atoms with E-state index >= 15 is 0 Å². The third kappa shape index (κ3) is 5.44. The number of Topliss-reactive ketones (excluding diaryl/α,β-unsaturated/α-hetero) is 1. The number of carbonyl (C=O) groups excluding carboxylic acids is 1. The van der Waals surface area contributed by atoms with Crippen LogP contribution in [0.15, 0.2) is 48.1 Å². The molecule has 0 aromatic carbocycles. The fourth-order valence-corrected chi connectivity index (χ4v) is 5.75. The van der Waals surface area contributed by atoms with Gasteiger partial charge in [-0.25, -0.2) is 14.5 Å². The van der Waals surface area contributed by atoms with E-state index in [1.807, 2.05) is 41.9 Å². The number of aliphatic hydroxyl groups is 1. The van der Waals surface area contributed by atoms with Crippen LogP contribution in [0.4, 0.5) is 5.82 Å². The number of aliphatic hydroxyl groups excluding tert-OH is 1. The average Bonchev–Trinajstić information content (AvgIpc) is 3.68. The van der Waals surface area contributed by atoms with E-state index in [0.717, 1.165) is 35.6 Å². The molecule has 1 N–H and O–H groups in total. The fourth-order valence-electron chi connectivity index (χ4n) is 5.05. The number of fused-ring (bicyclic) bond motifs is 1. The molecule has 0 bridgehead atoms. The lowest BCUT2D eigenvalue weighted by Gasteiger charge is -2.26. The van der Waals surface area contributed by atoms with Gasteiger partial charge in [0, 0.05) is 37.3 Å². The van der Waals surface area contributed by atoms with Crippen LogP contribution in [0.25, 0.3) is 27.5 Å². The van der Waals surface area contributed by atoms with E-state index < -0.39 is 0 Å². The van der Waals surface area contributed by atoms with E-state index in [1.54, 1.807) is 22.0 Å². The molecule has 8 nitrogen and oxygen atoms in total. The Labute approximate surface area is 221 Å². The molecule has 1 aliphatic rings. The third-order valence-electron chi connectivity index (χ3n) is 7.26. The Morgan fingerprint density at radius 2 is 2.05 bits per heavy atom. The monoisotopic (exact) mass is 518 g/mol. The second-order valence-corrected chi connectivity index (χ2v) is 10.6. The standard InChI is InChI=1S/C28H34N6O2S/c1-4-32(5-2)19(3)8-9-25(36)20-15-24(30-27(16-20)33-12-10-21(35)18-33)22-17-29-34-13-11-23(31-28(22)34)26-7-6-14-37-26/h6-7,11,13-17,19,21,35H,4-5,8-10,12,18H2,1-3H3/t19-,21-/m0/s1. The second kappa shape index (κ2) is 11.1. The number of β-amino-alcohol motifs (C(OH)–C–C–N with tert-alkyl or cyclic N) is 1. The van der Waals surface area contributed by atoms with Gasteiger partial charge in [0.2, 0.25) is 0 Å². The SMILES string of the molecule is CCN(CC)[C@@H](C)CCC(=O)c1cc(-c2cnn3ccc(-c4cccs4)nc23)nc(N2CC[C@H](O)C2)c1. The van der Waals surface area contributed by atoms with Crippen LogP contribution in [0.1, 0.15) is 50.4 Å². The van der Waals surface area contributed by atoms with Crippen LogP contribution in [0, 0.1) is 0 Å². The fraction of sp³-hybridized carbons (Fsp3) is 0.429. The number of carbonyl (C=O) groups is 1. The number of pyridine rings is 1. The highest BCUT2D eigenvalue weighted by Gasteiger charge is 2.24. The summed E-state index contributed by atoms with van der Waals surface area (Å²) in [7, 11) is 0. The minimum absolute atomic E-state index is 0.104. The Morgan fingerprint density at radius 1 is 1.22 bits per heavy atom. The van der Waals surface area contributed by atoms with Gasteiger partial charge in [-0.05, 0) is 62.5 Å². The van der Waals surface area contributed by atoms with Crippen molar-refractivity contribution in [2.75, 3.05) is 31.1 Å². The van der Waals surface area contributed by atoms with Crippen LogP contribution in [0.3, 0.4) is 0 Å². The first-order valence-corrected chi connectivity index (χ1v) is 14.0. The van der Waals surface area contributed by atoms with Crippen molar-refractivity contribution >= 4 is 28.6 Å². The molecule has 1 aliphatic heterocycles. The highest BCUT2D eigenvalue weighted by atomic mass is 32.1. The molecular formula is C28H34N6O2S. The Kier molecular flexibility index (Phi) is 7.64. The molecule has 5 heterocycles. The number of aromatic nitrogens is 4. The molecule has 194 valence electrons.